The van der Waals surface area contributed by atoms with Crippen molar-refractivity contribution in [1.29, 1.82) is 0 Å². The monoisotopic (exact) mass is 495 g/mol. The standard InChI is InChI=1S/C22H23Cl2N3O2S2/c1-15-5-3-4-6-17(15)12-18-14-30-22(25-18)26-7-9-27(10-8-26)31(28,29)21-11-16(2)19(23)13-20(21)24/h3-6,11,13-14H,7-10,12H2,1-2H3. The van der Waals surface area contributed by atoms with Gasteiger partial charge in [0.25, 0.3) is 0 Å². The van der Waals surface area contributed by atoms with Gasteiger partial charge in [0.1, 0.15) is 4.90 Å². The van der Waals surface area contributed by atoms with Crippen LogP contribution in [0.5, 0.6) is 0 Å². The van der Waals surface area contributed by atoms with Gasteiger partial charge >= 0.3 is 0 Å². The van der Waals surface area contributed by atoms with Crippen LogP contribution in [0.15, 0.2) is 46.7 Å². The van der Waals surface area contributed by atoms with Crippen molar-refractivity contribution in [1.82, 2.24) is 9.29 Å². The molecule has 2 heterocycles. The van der Waals surface area contributed by atoms with Gasteiger partial charge in [-0.25, -0.2) is 13.4 Å². The van der Waals surface area contributed by atoms with Gasteiger partial charge in [-0.2, -0.15) is 4.31 Å². The molecule has 0 amide bonds. The predicted molar refractivity (Wildman–Crippen MR) is 128 cm³/mol. The van der Waals surface area contributed by atoms with Crippen molar-refractivity contribution in [3.8, 4) is 0 Å². The second kappa shape index (κ2) is 9.08. The Morgan fingerprint density at radius 1 is 1.00 bits per heavy atom. The van der Waals surface area contributed by atoms with Gasteiger partial charge < -0.3 is 4.90 Å². The number of piperazine rings is 1. The number of hydrogen-bond donors (Lipinski definition) is 0. The van der Waals surface area contributed by atoms with Crippen LogP contribution in [-0.4, -0.2) is 43.9 Å². The van der Waals surface area contributed by atoms with Crippen molar-refractivity contribution >= 4 is 49.7 Å². The van der Waals surface area contributed by atoms with Crippen LogP contribution in [0, 0.1) is 13.8 Å². The molecule has 0 unspecified atom stereocenters. The van der Waals surface area contributed by atoms with E-state index in [1.54, 1.807) is 24.3 Å². The van der Waals surface area contributed by atoms with Crippen molar-refractivity contribution in [2.24, 2.45) is 0 Å². The Hall–Kier alpha value is -1.64. The molecular formula is C22H23Cl2N3O2S2. The molecule has 4 rings (SSSR count). The van der Waals surface area contributed by atoms with Crippen LogP contribution >= 0.6 is 34.5 Å². The lowest BCUT2D eigenvalue weighted by atomic mass is 10.1. The highest BCUT2D eigenvalue weighted by atomic mass is 35.5. The summed E-state index contributed by atoms with van der Waals surface area (Å²) in [5, 5.41) is 3.63. The van der Waals surface area contributed by atoms with E-state index in [-0.39, 0.29) is 9.92 Å². The molecule has 0 saturated carbocycles. The quantitative estimate of drug-likeness (QED) is 0.489. The Morgan fingerprint density at radius 3 is 2.42 bits per heavy atom. The van der Waals surface area contributed by atoms with Crippen LogP contribution < -0.4 is 4.90 Å². The van der Waals surface area contributed by atoms with Crippen LogP contribution in [-0.2, 0) is 16.4 Å². The maximum Gasteiger partial charge on any atom is 0.244 e. The summed E-state index contributed by atoms with van der Waals surface area (Å²) >= 11 is 13.9. The van der Waals surface area contributed by atoms with Crippen molar-refractivity contribution in [2.45, 2.75) is 25.2 Å². The van der Waals surface area contributed by atoms with Crippen LogP contribution in [0.25, 0.3) is 0 Å². The molecule has 1 fully saturated rings. The fourth-order valence-corrected chi connectivity index (χ4v) is 6.72. The smallest absolute Gasteiger partial charge is 0.244 e. The lowest BCUT2D eigenvalue weighted by Gasteiger charge is -2.34. The van der Waals surface area contributed by atoms with Gasteiger partial charge in [0.05, 0.1) is 10.7 Å². The van der Waals surface area contributed by atoms with Crippen LogP contribution in [0.4, 0.5) is 5.13 Å². The molecular weight excluding hydrogens is 473 g/mol. The van der Waals surface area contributed by atoms with Crippen LogP contribution in [0.2, 0.25) is 10.0 Å². The molecule has 0 N–H and O–H groups in total. The van der Waals surface area contributed by atoms with Gasteiger partial charge in [0, 0.05) is 43.0 Å². The fourth-order valence-electron chi connectivity index (χ4n) is 3.61. The lowest BCUT2D eigenvalue weighted by molar-refractivity contribution is 0.384. The highest BCUT2D eigenvalue weighted by Crippen LogP contribution is 2.31. The van der Waals surface area contributed by atoms with Crippen molar-refractivity contribution < 1.29 is 8.42 Å². The first kappa shape index (κ1) is 22.6. The van der Waals surface area contributed by atoms with Gasteiger partial charge in [0.2, 0.25) is 10.0 Å². The van der Waals surface area contributed by atoms with Crippen molar-refractivity contribution in [3.63, 3.8) is 0 Å². The molecule has 3 aromatic rings. The Balaban J connectivity index is 1.44. The average molecular weight is 496 g/mol. The molecule has 1 aromatic heterocycles. The highest BCUT2D eigenvalue weighted by Gasteiger charge is 2.31. The minimum Gasteiger partial charge on any atom is -0.345 e. The molecule has 1 saturated heterocycles. The number of thiazole rings is 1. The van der Waals surface area contributed by atoms with E-state index in [4.69, 9.17) is 28.2 Å². The van der Waals surface area contributed by atoms with Gasteiger partial charge in [-0.05, 0) is 42.7 Å². The summed E-state index contributed by atoms with van der Waals surface area (Å²) in [6.07, 6.45) is 0.798. The third kappa shape index (κ3) is 4.76. The number of benzene rings is 2. The minimum absolute atomic E-state index is 0.110. The summed E-state index contributed by atoms with van der Waals surface area (Å²) in [5.74, 6) is 0. The van der Waals surface area contributed by atoms with E-state index in [9.17, 15) is 8.42 Å². The second-order valence-corrected chi connectivity index (χ2v) is 11.2. The fraction of sp³-hybridized carbons (Fsp3) is 0.318. The van der Waals surface area contributed by atoms with E-state index in [1.807, 2.05) is 12.1 Å². The zero-order chi connectivity index (χ0) is 22.2. The van der Waals surface area contributed by atoms with Gasteiger partial charge in [-0.1, -0.05) is 47.5 Å². The van der Waals surface area contributed by atoms with Crippen LogP contribution in [0.1, 0.15) is 22.4 Å². The summed E-state index contributed by atoms with van der Waals surface area (Å²) < 4.78 is 27.7. The highest BCUT2D eigenvalue weighted by molar-refractivity contribution is 7.89. The molecule has 0 atom stereocenters. The molecule has 5 nitrogen and oxygen atoms in total. The molecule has 0 radical (unpaired) electrons. The largest absolute Gasteiger partial charge is 0.345 e. The zero-order valence-electron chi connectivity index (χ0n) is 17.3. The van der Waals surface area contributed by atoms with Crippen molar-refractivity contribution in [2.75, 3.05) is 31.1 Å². The molecule has 0 spiro atoms. The van der Waals surface area contributed by atoms with E-state index in [2.05, 4.69) is 29.3 Å². The molecule has 0 aliphatic carbocycles. The first-order valence-electron chi connectivity index (χ1n) is 9.95. The van der Waals surface area contributed by atoms with E-state index in [1.165, 1.54) is 21.5 Å². The normalized spacial score (nSPS) is 15.4. The van der Waals surface area contributed by atoms with E-state index in [0.29, 0.717) is 36.8 Å². The maximum absolute atomic E-state index is 13.1. The first-order valence-corrected chi connectivity index (χ1v) is 13.0. The Labute approximate surface area is 197 Å². The summed E-state index contributed by atoms with van der Waals surface area (Å²) in [4.78, 5) is 7.05. The first-order chi connectivity index (χ1) is 14.8. The van der Waals surface area contributed by atoms with Crippen LogP contribution in [0.3, 0.4) is 0 Å². The van der Waals surface area contributed by atoms with Gasteiger partial charge in [0.15, 0.2) is 5.13 Å². The van der Waals surface area contributed by atoms with E-state index < -0.39 is 10.0 Å². The number of nitrogens with zero attached hydrogens (tertiary/aromatic N) is 3. The number of rotatable bonds is 5. The third-order valence-electron chi connectivity index (χ3n) is 5.51. The lowest BCUT2D eigenvalue weighted by Crippen LogP contribution is -2.48. The molecule has 31 heavy (non-hydrogen) atoms. The zero-order valence-corrected chi connectivity index (χ0v) is 20.5. The average Bonchev–Trinajstić information content (AvgIpc) is 3.21. The molecule has 1 aliphatic heterocycles. The Morgan fingerprint density at radius 2 is 1.71 bits per heavy atom. The predicted octanol–water partition coefficient (Wildman–Crippen LogP) is 5.17. The molecule has 164 valence electrons. The molecule has 1 aliphatic rings. The number of hydrogen-bond acceptors (Lipinski definition) is 5. The van der Waals surface area contributed by atoms with E-state index >= 15 is 0 Å². The van der Waals surface area contributed by atoms with E-state index in [0.717, 1.165) is 17.2 Å². The van der Waals surface area contributed by atoms with Crippen molar-refractivity contribution in [3.05, 3.63) is 74.2 Å². The summed E-state index contributed by atoms with van der Waals surface area (Å²) in [6, 6.07) is 11.4. The minimum atomic E-state index is -3.68. The Kier molecular flexibility index (Phi) is 6.60. The summed E-state index contributed by atoms with van der Waals surface area (Å²) in [6.45, 7) is 5.81. The topological polar surface area (TPSA) is 53.5 Å². The third-order valence-corrected chi connectivity index (χ3v) is 9.23. The number of sulfonamides is 1. The number of aromatic nitrogens is 1. The second-order valence-electron chi connectivity index (χ2n) is 7.65. The van der Waals surface area contributed by atoms with Gasteiger partial charge in [-0.15, -0.1) is 11.3 Å². The molecule has 9 heteroatoms. The summed E-state index contributed by atoms with van der Waals surface area (Å²) in [5.41, 5.74) is 4.25. The molecule has 0 bridgehead atoms. The number of aryl methyl sites for hydroxylation is 2. The Bertz CT molecular complexity index is 1200. The summed E-state index contributed by atoms with van der Waals surface area (Å²) in [7, 11) is -3.68. The maximum atomic E-state index is 13.1. The molecule has 2 aromatic carbocycles. The number of halogens is 2. The number of anilines is 1. The van der Waals surface area contributed by atoms with Gasteiger partial charge in [-0.3, -0.25) is 0 Å². The SMILES string of the molecule is Cc1cc(S(=O)(=O)N2CCN(c3nc(Cc4ccccc4C)cs3)CC2)c(Cl)cc1Cl.